The maximum absolute atomic E-state index is 12.0. The lowest BCUT2D eigenvalue weighted by Crippen LogP contribution is -2.52. The first-order chi connectivity index (χ1) is 11.2. The summed E-state index contributed by atoms with van der Waals surface area (Å²) in [7, 11) is 0. The number of piperazine rings is 1. The van der Waals surface area contributed by atoms with Crippen molar-refractivity contribution >= 4 is 23.3 Å². The molecule has 3 rings (SSSR count). The molecule has 1 saturated heterocycles. The Morgan fingerprint density at radius 1 is 1.30 bits per heavy atom. The van der Waals surface area contributed by atoms with Crippen molar-refractivity contribution in [3.05, 3.63) is 18.2 Å². The van der Waals surface area contributed by atoms with Crippen LogP contribution in [0.5, 0.6) is 5.75 Å². The largest absolute Gasteiger partial charge is 0.479 e. The fourth-order valence-corrected chi connectivity index (χ4v) is 2.84. The van der Waals surface area contributed by atoms with Gasteiger partial charge in [0.2, 0.25) is 0 Å². The highest BCUT2D eigenvalue weighted by Gasteiger charge is 2.26. The quantitative estimate of drug-likeness (QED) is 0.880. The molecule has 0 saturated carbocycles. The SMILES string of the molecule is CCCNC(=O)N1CCN(c2cccc3c2OCC(=O)N3)CC1. The molecule has 0 atom stereocenters. The molecule has 3 amide bonds. The summed E-state index contributed by atoms with van der Waals surface area (Å²) < 4.78 is 5.60. The first-order valence-corrected chi connectivity index (χ1v) is 8.02. The molecule has 2 aliphatic heterocycles. The molecule has 0 bridgehead atoms. The Labute approximate surface area is 135 Å². The number of nitrogens with zero attached hydrogens (tertiary/aromatic N) is 2. The van der Waals surface area contributed by atoms with Gasteiger partial charge >= 0.3 is 6.03 Å². The highest BCUT2D eigenvalue weighted by atomic mass is 16.5. The molecule has 0 radical (unpaired) electrons. The highest BCUT2D eigenvalue weighted by molar-refractivity contribution is 5.97. The molecule has 2 aliphatic rings. The summed E-state index contributed by atoms with van der Waals surface area (Å²) in [6.45, 7) is 5.62. The van der Waals surface area contributed by atoms with E-state index >= 15 is 0 Å². The second-order valence-electron chi connectivity index (χ2n) is 5.70. The van der Waals surface area contributed by atoms with Gasteiger partial charge in [0.15, 0.2) is 12.4 Å². The fraction of sp³-hybridized carbons (Fsp3) is 0.500. The molecular weight excluding hydrogens is 296 g/mol. The first-order valence-electron chi connectivity index (χ1n) is 8.02. The zero-order valence-corrected chi connectivity index (χ0v) is 13.3. The lowest BCUT2D eigenvalue weighted by molar-refractivity contribution is -0.118. The molecule has 23 heavy (non-hydrogen) atoms. The minimum absolute atomic E-state index is 0.00473. The van der Waals surface area contributed by atoms with Crippen LogP contribution in [0.2, 0.25) is 0 Å². The Hall–Kier alpha value is -2.44. The van der Waals surface area contributed by atoms with E-state index in [0.717, 1.165) is 30.9 Å². The smallest absolute Gasteiger partial charge is 0.317 e. The Bertz CT molecular complexity index is 597. The summed E-state index contributed by atoms with van der Waals surface area (Å²) in [5.74, 6) is 0.586. The molecule has 7 nitrogen and oxygen atoms in total. The predicted octanol–water partition coefficient (Wildman–Crippen LogP) is 1.26. The van der Waals surface area contributed by atoms with Crippen molar-refractivity contribution in [3.63, 3.8) is 0 Å². The molecule has 1 aromatic carbocycles. The molecule has 2 heterocycles. The van der Waals surface area contributed by atoms with Crippen molar-refractivity contribution in [2.24, 2.45) is 0 Å². The third-order valence-electron chi connectivity index (χ3n) is 4.05. The average molecular weight is 318 g/mol. The van der Waals surface area contributed by atoms with Crippen molar-refractivity contribution in [1.29, 1.82) is 0 Å². The molecule has 1 aromatic rings. The summed E-state index contributed by atoms with van der Waals surface area (Å²) in [5, 5.41) is 5.73. The molecule has 0 aromatic heterocycles. The molecule has 7 heteroatoms. The van der Waals surface area contributed by atoms with Crippen LogP contribution in [-0.2, 0) is 4.79 Å². The van der Waals surface area contributed by atoms with Crippen LogP contribution in [0.1, 0.15) is 13.3 Å². The second-order valence-corrected chi connectivity index (χ2v) is 5.70. The van der Waals surface area contributed by atoms with E-state index in [0.29, 0.717) is 25.3 Å². The summed E-state index contributed by atoms with van der Waals surface area (Å²) in [5.41, 5.74) is 1.68. The Morgan fingerprint density at radius 2 is 2.09 bits per heavy atom. The number of ether oxygens (including phenoxy) is 1. The van der Waals surface area contributed by atoms with Gasteiger partial charge in [0.25, 0.3) is 5.91 Å². The number of carbonyl (C=O) groups excluding carboxylic acids is 2. The summed E-state index contributed by atoms with van der Waals surface area (Å²) >= 11 is 0. The average Bonchev–Trinajstić information content (AvgIpc) is 2.59. The highest BCUT2D eigenvalue weighted by Crippen LogP contribution is 2.38. The number of carbonyl (C=O) groups is 2. The molecule has 2 N–H and O–H groups in total. The van der Waals surface area contributed by atoms with Crippen molar-refractivity contribution in [1.82, 2.24) is 10.2 Å². The maximum Gasteiger partial charge on any atom is 0.317 e. The van der Waals surface area contributed by atoms with Crippen LogP contribution in [0.15, 0.2) is 18.2 Å². The van der Waals surface area contributed by atoms with Gasteiger partial charge in [-0.3, -0.25) is 4.79 Å². The van der Waals surface area contributed by atoms with Crippen LogP contribution >= 0.6 is 0 Å². The molecule has 124 valence electrons. The van der Waals surface area contributed by atoms with Crippen molar-refractivity contribution in [2.45, 2.75) is 13.3 Å². The number of hydrogen-bond donors (Lipinski definition) is 2. The number of hydrogen-bond acceptors (Lipinski definition) is 4. The van der Waals surface area contributed by atoms with Gasteiger partial charge in [-0.05, 0) is 18.6 Å². The standard InChI is InChI=1S/C16H22N4O3/c1-2-6-17-16(22)20-9-7-19(8-10-20)13-5-3-4-12-15(13)23-11-14(21)18-12/h3-5H,2,6-11H2,1H3,(H,17,22)(H,18,21). The van der Waals surface area contributed by atoms with Gasteiger partial charge < -0.3 is 25.2 Å². The van der Waals surface area contributed by atoms with E-state index in [1.165, 1.54) is 0 Å². The molecule has 0 spiro atoms. The molecule has 0 unspecified atom stereocenters. The van der Waals surface area contributed by atoms with E-state index in [1.54, 1.807) is 0 Å². The van der Waals surface area contributed by atoms with E-state index in [1.807, 2.05) is 30.0 Å². The van der Waals surface area contributed by atoms with Crippen LogP contribution in [-0.4, -0.2) is 56.2 Å². The Balaban J connectivity index is 1.65. The predicted molar refractivity (Wildman–Crippen MR) is 88.0 cm³/mol. The number of benzene rings is 1. The number of rotatable bonds is 3. The topological polar surface area (TPSA) is 73.9 Å². The molecule has 1 fully saturated rings. The summed E-state index contributed by atoms with van der Waals surface area (Å²) in [6, 6.07) is 5.74. The monoisotopic (exact) mass is 318 g/mol. The van der Waals surface area contributed by atoms with E-state index < -0.39 is 0 Å². The number of para-hydroxylation sites is 1. The van der Waals surface area contributed by atoms with Gasteiger partial charge in [0, 0.05) is 32.7 Å². The Morgan fingerprint density at radius 3 is 2.83 bits per heavy atom. The van der Waals surface area contributed by atoms with Crippen LogP contribution in [0.4, 0.5) is 16.2 Å². The van der Waals surface area contributed by atoms with E-state index in [9.17, 15) is 9.59 Å². The zero-order chi connectivity index (χ0) is 16.2. The maximum atomic E-state index is 12.0. The fourth-order valence-electron chi connectivity index (χ4n) is 2.84. The van der Waals surface area contributed by atoms with Gasteiger partial charge in [-0.1, -0.05) is 13.0 Å². The van der Waals surface area contributed by atoms with Gasteiger partial charge in [0.05, 0.1) is 11.4 Å². The number of nitrogens with one attached hydrogen (secondary N) is 2. The Kier molecular flexibility index (Phi) is 4.55. The first kappa shape index (κ1) is 15.5. The number of urea groups is 1. The molecular formula is C16H22N4O3. The van der Waals surface area contributed by atoms with Gasteiger partial charge in [-0.15, -0.1) is 0 Å². The van der Waals surface area contributed by atoms with Gasteiger partial charge in [-0.25, -0.2) is 4.79 Å². The number of amides is 3. The second kappa shape index (κ2) is 6.76. The van der Waals surface area contributed by atoms with Crippen LogP contribution < -0.4 is 20.3 Å². The van der Waals surface area contributed by atoms with Crippen molar-refractivity contribution in [2.75, 3.05) is 49.5 Å². The zero-order valence-electron chi connectivity index (χ0n) is 13.3. The molecule has 0 aliphatic carbocycles. The summed E-state index contributed by atoms with van der Waals surface area (Å²) in [6.07, 6.45) is 0.935. The third-order valence-corrected chi connectivity index (χ3v) is 4.05. The third kappa shape index (κ3) is 3.33. The van der Waals surface area contributed by atoms with Crippen LogP contribution in [0, 0.1) is 0 Å². The minimum Gasteiger partial charge on any atom is -0.479 e. The van der Waals surface area contributed by atoms with Crippen LogP contribution in [0.3, 0.4) is 0 Å². The lowest BCUT2D eigenvalue weighted by atomic mass is 10.2. The van der Waals surface area contributed by atoms with Crippen molar-refractivity contribution in [3.8, 4) is 5.75 Å². The van der Waals surface area contributed by atoms with E-state index in [2.05, 4.69) is 15.5 Å². The van der Waals surface area contributed by atoms with E-state index in [-0.39, 0.29) is 18.5 Å². The van der Waals surface area contributed by atoms with E-state index in [4.69, 9.17) is 4.74 Å². The summed E-state index contributed by atoms with van der Waals surface area (Å²) in [4.78, 5) is 27.4. The van der Waals surface area contributed by atoms with Gasteiger partial charge in [0.1, 0.15) is 0 Å². The number of anilines is 2. The van der Waals surface area contributed by atoms with Crippen molar-refractivity contribution < 1.29 is 14.3 Å². The van der Waals surface area contributed by atoms with Gasteiger partial charge in [-0.2, -0.15) is 0 Å². The minimum atomic E-state index is -0.132. The van der Waals surface area contributed by atoms with Crippen LogP contribution in [0.25, 0.3) is 0 Å². The lowest BCUT2D eigenvalue weighted by Gasteiger charge is -2.37. The number of fused-ring (bicyclic) bond motifs is 1. The normalized spacial score (nSPS) is 17.2.